The summed E-state index contributed by atoms with van der Waals surface area (Å²) in [5.41, 5.74) is 2.55. The number of carboxylic acid groups (broad SMARTS) is 1. The fraction of sp³-hybridized carbons (Fsp3) is 0.231. The van der Waals surface area contributed by atoms with Crippen LogP contribution in [0.4, 0.5) is 5.13 Å². The number of nitrogens with zero attached hydrogens (tertiary/aromatic N) is 1. The fourth-order valence-electron chi connectivity index (χ4n) is 1.52. The zero-order valence-corrected chi connectivity index (χ0v) is 10.8. The quantitative estimate of drug-likeness (QED) is 0.869. The van der Waals surface area contributed by atoms with E-state index in [9.17, 15) is 4.79 Å². The molecule has 0 aliphatic heterocycles. The number of thiazole rings is 1. The van der Waals surface area contributed by atoms with Gasteiger partial charge < -0.3 is 10.4 Å². The van der Waals surface area contributed by atoms with E-state index in [4.69, 9.17) is 5.11 Å². The Kier molecular flexibility index (Phi) is 3.94. The summed E-state index contributed by atoms with van der Waals surface area (Å²) in [4.78, 5) is 14.6. The molecule has 0 amide bonds. The maximum atomic E-state index is 10.7. The summed E-state index contributed by atoms with van der Waals surface area (Å²) in [5, 5.41) is 14.0. The van der Waals surface area contributed by atoms with E-state index >= 15 is 0 Å². The van der Waals surface area contributed by atoms with Gasteiger partial charge in [0.15, 0.2) is 10.8 Å². The lowest BCUT2D eigenvalue weighted by Gasteiger charge is -2.03. The third-order valence-electron chi connectivity index (χ3n) is 2.60. The van der Waals surface area contributed by atoms with E-state index in [0.29, 0.717) is 11.7 Å². The third kappa shape index (κ3) is 3.07. The molecule has 1 aromatic carbocycles. The summed E-state index contributed by atoms with van der Waals surface area (Å²) in [6, 6.07) is 8.33. The van der Waals surface area contributed by atoms with Crippen molar-refractivity contribution in [3.05, 3.63) is 46.5 Å². The van der Waals surface area contributed by atoms with Crippen molar-refractivity contribution in [2.24, 2.45) is 0 Å². The standard InChI is InChI=1S/C13H14N2O2S/c1-2-9-3-5-10(6-4-9)7-14-13-15-11(8-18-13)12(16)17/h3-6,8H,2,7H2,1H3,(H,14,15)(H,16,17). The number of rotatable bonds is 5. The maximum absolute atomic E-state index is 10.7. The minimum Gasteiger partial charge on any atom is -0.476 e. The lowest BCUT2D eigenvalue weighted by Crippen LogP contribution is -2.01. The normalized spacial score (nSPS) is 10.3. The number of nitrogens with one attached hydrogen (secondary N) is 1. The third-order valence-corrected chi connectivity index (χ3v) is 3.40. The predicted octanol–water partition coefficient (Wildman–Crippen LogP) is 3.02. The molecule has 0 aliphatic rings. The number of hydrogen-bond donors (Lipinski definition) is 2. The van der Waals surface area contributed by atoms with Gasteiger partial charge in [0.2, 0.25) is 0 Å². The SMILES string of the molecule is CCc1ccc(CNc2nc(C(=O)O)cs2)cc1. The van der Waals surface area contributed by atoms with Gasteiger partial charge in [-0.2, -0.15) is 0 Å². The van der Waals surface area contributed by atoms with Gasteiger partial charge in [0, 0.05) is 11.9 Å². The molecule has 0 aliphatic carbocycles. The van der Waals surface area contributed by atoms with Gasteiger partial charge in [-0.1, -0.05) is 31.2 Å². The molecule has 2 aromatic rings. The summed E-state index contributed by atoms with van der Waals surface area (Å²) in [7, 11) is 0. The molecule has 0 saturated heterocycles. The van der Waals surface area contributed by atoms with E-state index in [1.165, 1.54) is 22.3 Å². The molecule has 2 N–H and O–H groups in total. The van der Waals surface area contributed by atoms with Crippen LogP contribution in [0.25, 0.3) is 0 Å². The molecular weight excluding hydrogens is 248 g/mol. The van der Waals surface area contributed by atoms with Gasteiger partial charge in [-0.05, 0) is 17.5 Å². The van der Waals surface area contributed by atoms with Crippen LogP contribution in [0.2, 0.25) is 0 Å². The van der Waals surface area contributed by atoms with Crippen molar-refractivity contribution in [2.75, 3.05) is 5.32 Å². The molecule has 2 rings (SSSR count). The van der Waals surface area contributed by atoms with E-state index < -0.39 is 5.97 Å². The van der Waals surface area contributed by atoms with Gasteiger partial charge in [0.1, 0.15) is 0 Å². The summed E-state index contributed by atoms with van der Waals surface area (Å²) in [6.45, 7) is 2.77. The van der Waals surface area contributed by atoms with Gasteiger partial charge in [-0.25, -0.2) is 9.78 Å². The molecule has 0 fully saturated rings. The first-order chi connectivity index (χ1) is 8.69. The lowest BCUT2D eigenvalue weighted by molar-refractivity contribution is 0.0691. The number of aromatic carboxylic acids is 1. The minimum atomic E-state index is -0.994. The largest absolute Gasteiger partial charge is 0.476 e. The molecule has 94 valence electrons. The molecular formula is C13H14N2O2S. The van der Waals surface area contributed by atoms with Gasteiger partial charge in [-0.3, -0.25) is 0 Å². The molecule has 0 bridgehead atoms. The van der Waals surface area contributed by atoms with Crippen molar-refractivity contribution in [1.82, 2.24) is 4.98 Å². The zero-order valence-electron chi connectivity index (χ0n) is 10.0. The van der Waals surface area contributed by atoms with Crippen LogP contribution < -0.4 is 5.32 Å². The molecule has 0 spiro atoms. The lowest BCUT2D eigenvalue weighted by atomic mass is 10.1. The Hall–Kier alpha value is -1.88. The topological polar surface area (TPSA) is 62.2 Å². The van der Waals surface area contributed by atoms with Gasteiger partial charge >= 0.3 is 5.97 Å². The van der Waals surface area contributed by atoms with E-state index in [1.54, 1.807) is 0 Å². The number of anilines is 1. The Balaban J connectivity index is 1.95. The molecule has 0 saturated carbocycles. The van der Waals surface area contributed by atoms with Crippen LogP contribution in [-0.2, 0) is 13.0 Å². The molecule has 5 heteroatoms. The van der Waals surface area contributed by atoms with Gasteiger partial charge in [0.25, 0.3) is 0 Å². The molecule has 0 radical (unpaired) electrons. The van der Waals surface area contributed by atoms with Crippen LogP contribution in [0.1, 0.15) is 28.5 Å². The van der Waals surface area contributed by atoms with Crippen molar-refractivity contribution in [3.63, 3.8) is 0 Å². The number of carbonyl (C=O) groups is 1. The van der Waals surface area contributed by atoms with Crippen molar-refractivity contribution in [1.29, 1.82) is 0 Å². The second kappa shape index (κ2) is 5.64. The van der Waals surface area contributed by atoms with Crippen LogP contribution >= 0.6 is 11.3 Å². The Morgan fingerprint density at radius 1 is 1.33 bits per heavy atom. The summed E-state index contributed by atoms with van der Waals surface area (Å²) < 4.78 is 0. The first-order valence-corrected chi connectivity index (χ1v) is 6.57. The molecule has 1 heterocycles. The second-order valence-corrected chi connectivity index (χ2v) is 4.72. The maximum Gasteiger partial charge on any atom is 0.355 e. The predicted molar refractivity (Wildman–Crippen MR) is 72.2 cm³/mol. The van der Waals surface area contributed by atoms with E-state index in [1.807, 2.05) is 0 Å². The second-order valence-electron chi connectivity index (χ2n) is 3.87. The van der Waals surface area contributed by atoms with Gasteiger partial charge in [-0.15, -0.1) is 11.3 Å². The van der Waals surface area contributed by atoms with Crippen LogP contribution in [0.15, 0.2) is 29.6 Å². The van der Waals surface area contributed by atoms with E-state index in [-0.39, 0.29) is 5.69 Å². The van der Waals surface area contributed by atoms with Crippen LogP contribution in [0.3, 0.4) is 0 Å². The van der Waals surface area contributed by atoms with Crippen LogP contribution in [-0.4, -0.2) is 16.1 Å². The monoisotopic (exact) mass is 262 g/mol. The number of aryl methyl sites for hydroxylation is 1. The minimum absolute atomic E-state index is 0.0869. The molecule has 18 heavy (non-hydrogen) atoms. The molecule has 1 aromatic heterocycles. The van der Waals surface area contributed by atoms with E-state index in [0.717, 1.165) is 12.0 Å². The summed E-state index contributed by atoms with van der Waals surface area (Å²) in [5.74, 6) is -0.994. The van der Waals surface area contributed by atoms with Crippen molar-refractivity contribution in [3.8, 4) is 0 Å². The van der Waals surface area contributed by atoms with Crippen molar-refractivity contribution < 1.29 is 9.90 Å². The smallest absolute Gasteiger partial charge is 0.355 e. The Labute approximate surface area is 109 Å². The first kappa shape index (κ1) is 12.6. The van der Waals surface area contributed by atoms with Crippen molar-refractivity contribution >= 4 is 22.4 Å². The Morgan fingerprint density at radius 3 is 2.56 bits per heavy atom. The summed E-state index contributed by atoms with van der Waals surface area (Å²) >= 11 is 1.30. The van der Waals surface area contributed by atoms with Gasteiger partial charge in [0.05, 0.1) is 0 Å². The zero-order chi connectivity index (χ0) is 13.0. The highest BCUT2D eigenvalue weighted by Gasteiger charge is 2.07. The first-order valence-electron chi connectivity index (χ1n) is 5.69. The number of benzene rings is 1. The highest BCUT2D eigenvalue weighted by molar-refractivity contribution is 7.13. The number of hydrogen-bond acceptors (Lipinski definition) is 4. The average molecular weight is 262 g/mol. The molecule has 0 unspecified atom stereocenters. The highest BCUT2D eigenvalue weighted by Crippen LogP contribution is 2.16. The average Bonchev–Trinajstić information content (AvgIpc) is 2.86. The summed E-state index contributed by atoms with van der Waals surface area (Å²) in [6.07, 6.45) is 1.03. The Bertz CT molecular complexity index is 534. The highest BCUT2D eigenvalue weighted by atomic mass is 32.1. The number of carboxylic acids is 1. The van der Waals surface area contributed by atoms with Crippen LogP contribution in [0.5, 0.6) is 0 Å². The molecule has 0 atom stereocenters. The van der Waals surface area contributed by atoms with E-state index in [2.05, 4.69) is 41.5 Å². The number of aromatic nitrogens is 1. The fourth-order valence-corrected chi connectivity index (χ4v) is 2.21. The Morgan fingerprint density at radius 2 is 2.00 bits per heavy atom. The molecule has 4 nitrogen and oxygen atoms in total. The van der Waals surface area contributed by atoms with Crippen molar-refractivity contribution in [2.45, 2.75) is 19.9 Å². The van der Waals surface area contributed by atoms with Crippen LogP contribution in [0, 0.1) is 0 Å².